The fourth-order valence-electron chi connectivity index (χ4n) is 3.97. The van der Waals surface area contributed by atoms with E-state index in [4.69, 9.17) is 25.9 Å². The summed E-state index contributed by atoms with van der Waals surface area (Å²) in [6.45, 7) is 12.3. The molecule has 4 rings (SSSR count). The molecule has 168 valence electrons. The van der Waals surface area contributed by atoms with Crippen molar-refractivity contribution < 1.29 is 14.1 Å². The van der Waals surface area contributed by atoms with E-state index in [2.05, 4.69) is 9.88 Å². The number of nitrogens with zero attached hydrogens (tertiary/aromatic N) is 2. The number of hydrogen-bond donors (Lipinski definition) is 1. The second-order valence-corrected chi connectivity index (χ2v) is 9.93. The third-order valence-corrected chi connectivity index (χ3v) is 6.52. The minimum atomic E-state index is -0.456. The number of nitrogens with one attached hydrogen (secondary N) is 1. The fraction of sp³-hybridized carbons (Fsp3) is 0.417. The van der Waals surface area contributed by atoms with E-state index in [9.17, 15) is 4.79 Å². The zero-order valence-corrected chi connectivity index (χ0v) is 20.2. The van der Waals surface area contributed by atoms with Crippen molar-refractivity contribution in [1.82, 2.24) is 14.9 Å². The molecule has 1 aromatic heterocycles. The molecule has 1 saturated heterocycles. The van der Waals surface area contributed by atoms with Crippen molar-refractivity contribution in [2.24, 2.45) is 0 Å². The molecule has 1 aliphatic rings. The second-order valence-electron chi connectivity index (χ2n) is 9.49. The second kappa shape index (κ2) is 8.21. The van der Waals surface area contributed by atoms with Gasteiger partial charge in [0.1, 0.15) is 5.82 Å². The molecule has 32 heavy (non-hydrogen) atoms. The van der Waals surface area contributed by atoms with Crippen molar-refractivity contribution in [3.8, 4) is 11.4 Å². The van der Waals surface area contributed by atoms with E-state index in [1.807, 2.05) is 77.1 Å². The van der Waals surface area contributed by atoms with Gasteiger partial charge in [-0.25, -0.2) is 4.98 Å². The quantitative estimate of drug-likeness (QED) is 0.589. The Kier molecular flexibility index (Phi) is 5.86. The van der Waals surface area contributed by atoms with Gasteiger partial charge in [-0.2, -0.15) is 0 Å². The van der Waals surface area contributed by atoms with Crippen molar-refractivity contribution in [3.05, 3.63) is 47.5 Å². The third kappa shape index (κ3) is 4.29. The molecule has 1 aliphatic heterocycles. The van der Waals surface area contributed by atoms with Crippen molar-refractivity contribution in [2.75, 3.05) is 0 Å². The largest absolute Gasteiger partial charge is 0.494 e. The highest BCUT2D eigenvalue weighted by molar-refractivity contribution is 6.62. The smallest absolute Gasteiger partial charge is 0.399 e. The maximum atomic E-state index is 11.6. The maximum absolute atomic E-state index is 11.6. The lowest BCUT2D eigenvalue weighted by atomic mass is 9.79. The molecular weight excluding hydrogens is 425 g/mol. The van der Waals surface area contributed by atoms with Gasteiger partial charge in [-0.15, -0.1) is 0 Å². The molecule has 0 spiro atoms. The first-order valence-corrected chi connectivity index (χ1v) is 11.2. The topological polar surface area (TPSA) is 65.4 Å². The van der Waals surface area contributed by atoms with Crippen molar-refractivity contribution in [3.63, 3.8) is 0 Å². The summed E-state index contributed by atoms with van der Waals surface area (Å²) in [4.78, 5) is 16.5. The van der Waals surface area contributed by atoms with Gasteiger partial charge in [0, 0.05) is 30.1 Å². The van der Waals surface area contributed by atoms with E-state index >= 15 is 0 Å². The van der Waals surface area contributed by atoms with Crippen LogP contribution in [0.15, 0.2) is 42.5 Å². The van der Waals surface area contributed by atoms with Crippen LogP contribution < -0.4 is 10.8 Å². The lowest BCUT2D eigenvalue weighted by Gasteiger charge is -2.32. The average Bonchev–Trinajstić information content (AvgIpc) is 3.14. The Balaban J connectivity index is 1.78. The average molecular weight is 454 g/mol. The predicted molar refractivity (Wildman–Crippen MR) is 129 cm³/mol. The Labute approximate surface area is 194 Å². The van der Waals surface area contributed by atoms with Crippen LogP contribution in [0, 0.1) is 0 Å². The number of aromatic nitrogens is 2. The normalized spacial score (nSPS) is 18.2. The number of carbonyl (C=O) groups is 1. The number of fused-ring (bicyclic) bond motifs is 1. The minimum absolute atomic E-state index is 0.0609. The SMILES string of the molecule is CC(=O)NC(C)Cn1c(-c2cccc(Cl)c2)nc2cc(B3OC(C)(C)C(C)(C)O3)ccc21. The standard InChI is InChI=1S/C24H29BClN3O3/c1-15(27-16(2)30)14-29-21-11-10-18(25-31-23(3,4)24(5,6)32-25)13-20(21)28-22(29)17-8-7-9-19(26)12-17/h7-13,15H,14H2,1-6H3,(H,27,30). The maximum Gasteiger partial charge on any atom is 0.494 e. The molecule has 3 aromatic rings. The van der Waals surface area contributed by atoms with Crippen LogP contribution >= 0.6 is 11.6 Å². The van der Waals surface area contributed by atoms with E-state index in [1.165, 1.54) is 6.92 Å². The Morgan fingerprint density at radius 2 is 1.84 bits per heavy atom. The van der Waals surface area contributed by atoms with Gasteiger partial charge in [0.15, 0.2) is 0 Å². The summed E-state index contributed by atoms with van der Waals surface area (Å²) in [5.74, 6) is 0.736. The summed E-state index contributed by atoms with van der Waals surface area (Å²) in [6.07, 6.45) is 0. The first-order chi connectivity index (χ1) is 15.0. The fourth-order valence-corrected chi connectivity index (χ4v) is 4.16. The van der Waals surface area contributed by atoms with Crippen LogP contribution in [0.3, 0.4) is 0 Å². The van der Waals surface area contributed by atoms with Gasteiger partial charge in [0.2, 0.25) is 5.91 Å². The highest BCUT2D eigenvalue weighted by atomic mass is 35.5. The molecule has 2 aromatic carbocycles. The molecule has 0 bridgehead atoms. The molecule has 6 nitrogen and oxygen atoms in total. The summed E-state index contributed by atoms with van der Waals surface area (Å²) in [5.41, 5.74) is 2.83. The molecule has 0 radical (unpaired) electrons. The molecule has 1 unspecified atom stereocenters. The van der Waals surface area contributed by atoms with Gasteiger partial charge in [-0.3, -0.25) is 4.79 Å². The molecule has 1 fully saturated rings. The number of amides is 1. The summed E-state index contributed by atoms with van der Waals surface area (Å²) < 4.78 is 14.6. The van der Waals surface area contributed by atoms with Gasteiger partial charge in [0.05, 0.1) is 22.2 Å². The van der Waals surface area contributed by atoms with E-state index in [0.717, 1.165) is 27.9 Å². The lowest BCUT2D eigenvalue weighted by molar-refractivity contribution is -0.119. The number of benzene rings is 2. The van der Waals surface area contributed by atoms with Crippen LogP contribution in [0.2, 0.25) is 5.02 Å². The Hall–Kier alpha value is -2.35. The predicted octanol–water partition coefficient (Wildman–Crippen LogP) is 4.18. The van der Waals surface area contributed by atoms with Crippen molar-refractivity contribution >= 4 is 41.1 Å². The molecule has 1 amide bonds. The van der Waals surface area contributed by atoms with Crippen LogP contribution in [-0.4, -0.2) is 39.8 Å². The van der Waals surface area contributed by atoms with Gasteiger partial charge in [0.25, 0.3) is 0 Å². The van der Waals surface area contributed by atoms with Gasteiger partial charge in [-0.05, 0) is 64.3 Å². The summed E-state index contributed by atoms with van der Waals surface area (Å²) in [7, 11) is -0.456. The monoisotopic (exact) mass is 453 g/mol. The molecule has 0 aliphatic carbocycles. The molecule has 2 heterocycles. The van der Waals surface area contributed by atoms with Crippen LogP contribution in [0.25, 0.3) is 22.4 Å². The molecule has 1 N–H and O–H groups in total. The lowest BCUT2D eigenvalue weighted by Crippen LogP contribution is -2.41. The van der Waals surface area contributed by atoms with Crippen LogP contribution in [0.4, 0.5) is 0 Å². The number of carbonyl (C=O) groups excluding carboxylic acids is 1. The summed E-state index contributed by atoms with van der Waals surface area (Å²) >= 11 is 6.26. The Morgan fingerprint density at radius 1 is 1.16 bits per heavy atom. The number of rotatable bonds is 5. The molecular formula is C24H29BClN3O3. The molecule has 0 saturated carbocycles. The van der Waals surface area contributed by atoms with Gasteiger partial charge < -0.3 is 19.2 Å². The minimum Gasteiger partial charge on any atom is -0.399 e. The third-order valence-electron chi connectivity index (χ3n) is 6.29. The zero-order valence-electron chi connectivity index (χ0n) is 19.4. The van der Waals surface area contributed by atoms with Crippen molar-refractivity contribution in [1.29, 1.82) is 0 Å². The van der Waals surface area contributed by atoms with E-state index in [-0.39, 0.29) is 11.9 Å². The van der Waals surface area contributed by atoms with Gasteiger partial charge >= 0.3 is 7.12 Å². The van der Waals surface area contributed by atoms with Crippen LogP contribution in [0.5, 0.6) is 0 Å². The van der Waals surface area contributed by atoms with Crippen LogP contribution in [-0.2, 0) is 20.6 Å². The molecule has 8 heteroatoms. The Bertz CT molecular complexity index is 1160. The molecule has 1 atom stereocenters. The zero-order chi connectivity index (χ0) is 23.3. The van der Waals surface area contributed by atoms with Gasteiger partial charge in [-0.1, -0.05) is 29.8 Å². The number of hydrogen-bond acceptors (Lipinski definition) is 4. The van der Waals surface area contributed by atoms with Crippen LogP contribution in [0.1, 0.15) is 41.5 Å². The Morgan fingerprint density at radius 3 is 2.47 bits per heavy atom. The summed E-state index contributed by atoms with van der Waals surface area (Å²) in [6, 6.07) is 13.7. The first-order valence-electron chi connectivity index (χ1n) is 10.9. The number of halogens is 1. The van der Waals surface area contributed by atoms with E-state index in [0.29, 0.717) is 11.6 Å². The first kappa shape index (κ1) is 22.8. The highest BCUT2D eigenvalue weighted by Crippen LogP contribution is 2.37. The van der Waals surface area contributed by atoms with E-state index < -0.39 is 18.3 Å². The van der Waals surface area contributed by atoms with Crippen molar-refractivity contribution in [2.45, 2.75) is 65.3 Å². The summed E-state index contributed by atoms with van der Waals surface area (Å²) in [5, 5.41) is 3.60. The van der Waals surface area contributed by atoms with E-state index in [1.54, 1.807) is 0 Å². The highest BCUT2D eigenvalue weighted by Gasteiger charge is 2.51. The number of imidazole rings is 1.